The number of nitrogens with zero attached hydrogens (tertiary/aromatic N) is 3. The minimum absolute atomic E-state index is 0.00213. The molecule has 2 rings (SSSR count). The minimum atomic E-state index is 0.00213. The van der Waals surface area contributed by atoms with Gasteiger partial charge in [0, 0.05) is 5.69 Å². The molecule has 88 valence electrons. The standard InChI is InChI=1S/C10H9ClN4O2/c1-16-9-13-8(11)14-10(15-9)17-7-4-2-6(12)3-5-7/h2-5H,12H2,1H3. The van der Waals surface area contributed by atoms with Crippen molar-refractivity contribution in [1.82, 2.24) is 15.0 Å². The van der Waals surface area contributed by atoms with E-state index in [2.05, 4.69) is 15.0 Å². The van der Waals surface area contributed by atoms with E-state index in [9.17, 15) is 0 Å². The Hall–Kier alpha value is -2.08. The first-order valence-electron chi connectivity index (χ1n) is 4.66. The van der Waals surface area contributed by atoms with Crippen LogP contribution in [0.25, 0.3) is 0 Å². The molecule has 1 aromatic heterocycles. The van der Waals surface area contributed by atoms with Crippen LogP contribution < -0.4 is 15.2 Å². The predicted octanol–water partition coefficient (Wildman–Crippen LogP) is 1.91. The van der Waals surface area contributed by atoms with Crippen LogP contribution in [0.5, 0.6) is 17.8 Å². The molecule has 0 fully saturated rings. The number of ether oxygens (including phenoxy) is 2. The Morgan fingerprint density at radius 1 is 1.06 bits per heavy atom. The quantitative estimate of drug-likeness (QED) is 0.840. The summed E-state index contributed by atoms with van der Waals surface area (Å²) in [6, 6.07) is 6.95. The molecule has 1 heterocycles. The summed E-state index contributed by atoms with van der Waals surface area (Å²) in [5, 5.41) is 0.00213. The molecule has 0 aliphatic carbocycles. The maximum Gasteiger partial charge on any atom is 0.329 e. The van der Waals surface area contributed by atoms with Gasteiger partial charge in [0.2, 0.25) is 5.28 Å². The lowest BCUT2D eigenvalue weighted by atomic mass is 10.3. The highest BCUT2D eigenvalue weighted by molar-refractivity contribution is 6.28. The van der Waals surface area contributed by atoms with E-state index in [1.54, 1.807) is 24.3 Å². The molecule has 2 aromatic rings. The molecule has 0 radical (unpaired) electrons. The molecule has 0 unspecified atom stereocenters. The number of nitrogens with two attached hydrogens (primary N) is 1. The van der Waals surface area contributed by atoms with Crippen molar-refractivity contribution >= 4 is 17.3 Å². The zero-order valence-electron chi connectivity index (χ0n) is 8.92. The topological polar surface area (TPSA) is 83.2 Å². The van der Waals surface area contributed by atoms with Gasteiger partial charge in [-0.05, 0) is 35.9 Å². The SMILES string of the molecule is COc1nc(Cl)nc(Oc2ccc(N)cc2)n1. The second-order valence-corrected chi connectivity index (χ2v) is 3.38. The molecule has 0 atom stereocenters. The van der Waals surface area contributed by atoms with Crippen molar-refractivity contribution in [2.45, 2.75) is 0 Å². The Morgan fingerprint density at radius 3 is 2.35 bits per heavy atom. The third kappa shape index (κ3) is 2.94. The molecule has 0 spiro atoms. The van der Waals surface area contributed by atoms with E-state index in [0.29, 0.717) is 11.4 Å². The fourth-order valence-corrected chi connectivity index (χ4v) is 1.24. The minimum Gasteiger partial charge on any atom is -0.467 e. The number of benzene rings is 1. The van der Waals surface area contributed by atoms with Crippen LogP contribution in [0.1, 0.15) is 0 Å². The summed E-state index contributed by atoms with van der Waals surface area (Å²) in [7, 11) is 1.43. The molecule has 1 aromatic carbocycles. The number of anilines is 1. The van der Waals surface area contributed by atoms with Crippen molar-refractivity contribution in [2.75, 3.05) is 12.8 Å². The van der Waals surface area contributed by atoms with Gasteiger partial charge in [-0.25, -0.2) is 0 Å². The van der Waals surface area contributed by atoms with Crippen molar-refractivity contribution in [3.8, 4) is 17.8 Å². The van der Waals surface area contributed by atoms with Gasteiger partial charge in [-0.1, -0.05) is 0 Å². The van der Waals surface area contributed by atoms with Gasteiger partial charge in [0.15, 0.2) is 0 Å². The molecule has 17 heavy (non-hydrogen) atoms. The lowest BCUT2D eigenvalue weighted by Crippen LogP contribution is -1.98. The van der Waals surface area contributed by atoms with Gasteiger partial charge in [0.1, 0.15) is 5.75 Å². The second kappa shape index (κ2) is 4.84. The summed E-state index contributed by atoms with van der Waals surface area (Å²) in [6.07, 6.45) is 0. The highest BCUT2D eigenvalue weighted by atomic mass is 35.5. The summed E-state index contributed by atoms with van der Waals surface area (Å²) < 4.78 is 10.2. The normalized spacial score (nSPS) is 10.0. The molecule has 0 saturated carbocycles. The van der Waals surface area contributed by atoms with Crippen molar-refractivity contribution < 1.29 is 9.47 Å². The number of methoxy groups -OCH3 is 1. The Bertz CT molecular complexity index is 518. The zero-order chi connectivity index (χ0) is 12.3. The molecule has 0 saturated heterocycles. The van der Waals surface area contributed by atoms with Crippen molar-refractivity contribution in [3.63, 3.8) is 0 Å². The Kier molecular flexibility index (Phi) is 3.24. The van der Waals surface area contributed by atoms with E-state index < -0.39 is 0 Å². The molecule has 0 aliphatic rings. The third-order valence-electron chi connectivity index (χ3n) is 1.84. The van der Waals surface area contributed by atoms with Crippen LogP contribution in [0.2, 0.25) is 5.28 Å². The lowest BCUT2D eigenvalue weighted by molar-refractivity contribution is 0.359. The molecule has 2 N–H and O–H groups in total. The lowest BCUT2D eigenvalue weighted by Gasteiger charge is -2.05. The molecular weight excluding hydrogens is 244 g/mol. The van der Waals surface area contributed by atoms with Crippen LogP contribution in [-0.4, -0.2) is 22.1 Å². The van der Waals surface area contributed by atoms with Crippen molar-refractivity contribution in [2.24, 2.45) is 0 Å². The van der Waals surface area contributed by atoms with Gasteiger partial charge in [-0.3, -0.25) is 0 Å². The number of hydrogen-bond acceptors (Lipinski definition) is 6. The molecule has 6 nitrogen and oxygen atoms in total. The summed E-state index contributed by atoms with van der Waals surface area (Å²) in [6.45, 7) is 0. The van der Waals surface area contributed by atoms with Crippen LogP contribution >= 0.6 is 11.6 Å². The number of aromatic nitrogens is 3. The Morgan fingerprint density at radius 2 is 1.71 bits per heavy atom. The van der Waals surface area contributed by atoms with Crippen LogP contribution in [0, 0.1) is 0 Å². The predicted molar refractivity (Wildman–Crippen MR) is 62.3 cm³/mol. The van der Waals surface area contributed by atoms with E-state index >= 15 is 0 Å². The van der Waals surface area contributed by atoms with Gasteiger partial charge in [0.05, 0.1) is 7.11 Å². The number of rotatable bonds is 3. The Balaban J connectivity index is 2.23. The Labute approximate surface area is 102 Å². The maximum absolute atomic E-state index is 5.68. The molecule has 0 aliphatic heterocycles. The molecule has 0 bridgehead atoms. The van der Waals surface area contributed by atoms with Gasteiger partial charge in [0.25, 0.3) is 0 Å². The summed E-state index contributed by atoms with van der Waals surface area (Å²) >= 11 is 5.68. The highest BCUT2D eigenvalue weighted by Crippen LogP contribution is 2.21. The largest absolute Gasteiger partial charge is 0.467 e. The van der Waals surface area contributed by atoms with E-state index in [1.165, 1.54) is 7.11 Å². The smallest absolute Gasteiger partial charge is 0.329 e. The maximum atomic E-state index is 5.68. The monoisotopic (exact) mass is 252 g/mol. The van der Waals surface area contributed by atoms with Crippen molar-refractivity contribution in [1.29, 1.82) is 0 Å². The van der Waals surface area contributed by atoms with Gasteiger partial charge >= 0.3 is 12.0 Å². The van der Waals surface area contributed by atoms with Crippen LogP contribution in [0.15, 0.2) is 24.3 Å². The fourth-order valence-electron chi connectivity index (χ4n) is 1.09. The number of nitrogen functional groups attached to an aromatic ring is 1. The van der Waals surface area contributed by atoms with Crippen LogP contribution in [0.3, 0.4) is 0 Å². The fraction of sp³-hybridized carbons (Fsp3) is 0.100. The van der Waals surface area contributed by atoms with Gasteiger partial charge in [-0.15, -0.1) is 4.98 Å². The van der Waals surface area contributed by atoms with E-state index in [-0.39, 0.29) is 17.3 Å². The van der Waals surface area contributed by atoms with Crippen LogP contribution in [0.4, 0.5) is 5.69 Å². The first-order valence-corrected chi connectivity index (χ1v) is 5.04. The molecular formula is C10H9ClN4O2. The summed E-state index contributed by atoms with van der Waals surface area (Å²) in [5.41, 5.74) is 6.19. The first kappa shape index (κ1) is 11.4. The molecule has 7 heteroatoms. The summed E-state index contributed by atoms with van der Waals surface area (Å²) in [5.74, 6) is 0.545. The third-order valence-corrected chi connectivity index (χ3v) is 2.01. The molecule has 0 amide bonds. The van der Waals surface area contributed by atoms with E-state index in [0.717, 1.165) is 0 Å². The van der Waals surface area contributed by atoms with E-state index in [1.807, 2.05) is 0 Å². The van der Waals surface area contributed by atoms with Crippen molar-refractivity contribution in [3.05, 3.63) is 29.5 Å². The van der Waals surface area contributed by atoms with Gasteiger partial charge < -0.3 is 15.2 Å². The average molecular weight is 253 g/mol. The average Bonchev–Trinajstić information content (AvgIpc) is 2.31. The zero-order valence-corrected chi connectivity index (χ0v) is 9.68. The number of halogens is 1. The highest BCUT2D eigenvalue weighted by Gasteiger charge is 2.07. The van der Waals surface area contributed by atoms with Gasteiger partial charge in [-0.2, -0.15) is 9.97 Å². The first-order chi connectivity index (χ1) is 8.17. The second-order valence-electron chi connectivity index (χ2n) is 3.04. The number of hydrogen-bond donors (Lipinski definition) is 1. The summed E-state index contributed by atoms with van der Waals surface area (Å²) in [4.78, 5) is 11.4. The van der Waals surface area contributed by atoms with E-state index in [4.69, 9.17) is 26.8 Å². The van der Waals surface area contributed by atoms with Crippen LogP contribution in [-0.2, 0) is 0 Å².